The van der Waals surface area contributed by atoms with Crippen LogP contribution in [0.2, 0.25) is 0 Å². The van der Waals surface area contributed by atoms with E-state index in [4.69, 9.17) is 4.98 Å². The van der Waals surface area contributed by atoms with Crippen LogP contribution in [0.5, 0.6) is 0 Å². The fourth-order valence-corrected chi connectivity index (χ4v) is 5.70. The van der Waals surface area contributed by atoms with Gasteiger partial charge in [0.2, 0.25) is 5.91 Å². The van der Waals surface area contributed by atoms with Crippen molar-refractivity contribution in [2.45, 2.75) is 26.2 Å². The number of hydrogen-bond donors (Lipinski definition) is 1. The lowest BCUT2D eigenvalue weighted by atomic mass is 9.99. The van der Waals surface area contributed by atoms with E-state index in [9.17, 15) is 9.59 Å². The van der Waals surface area contributed by atoms with Crippen LogP contribution in [0.15, 0.2) is 41.8 Å². The molecule has 1 aliphatic carbocycles. The predicted octanol–water partition coefficient (Wildman–Crippen LogP) is 4.07. The highest BCUT2D eigenvalue weighted by Crippen LogP contribution is 2.38. The number of thiophene rings is 1. The summed E-state index contributed by atoms with van der Waals surface area (Å²) in [6, 6.07) is 12.2. The quantitative estimate of drug-likeness (QED) is 0.606. The molecule has 34 heavy (non-hydrogen) atoms. The molecule has 1 N–H and O–H groups in total. The summed E-state index contributed by atoms with van der Waals surface area (Å²) in [5.74, 6) is 0.136. The zero-order valence-electron chi connectivity index (χ0n) is 19.5. The van der Waals surface area contributed by atoms with Crippen LogP contribution in [-0.2, 0) is 11.2 Å². The average Bonchev–Trinajstić information content (AvgIpc) is 3.43. The first-order valence-electron chi connectivity index (χ1n) is 12.1. The van der Waals surface area contributed by atoms with Gasteiger partial charge in [-0.05, 0) is 60.9 Å². The van der Waals surface area contributed by atoms with Crippen molar-refractivity contribution in [2.24, 2.45) is 0 Å². The fraction of sp³-hybridized carbons (Fsp3) is 0.370. The Hall–Kier alpha value is -3.03. The second-order valence-electron chi connectivity index (χ2n) is 8.89. The number of aromatic nitrogens is 1. The van der Waals surface area contributed by atoms with Gasteiger partial charge >= 0.3 is 0 Å². The van der Waals surface area contributed by atoms with Crippen molar-refractivity contribution in [3.05, 3.63) is 63.5 Å². The Morgan fingerprint density at radius 2 is 1.97 bits per heavy atom. The highest BCUT2D eigenvalue weighted by atomic mass is 32.1. The minimum Gasteiger partial charge on any atom is -0.355 e. The van der Waals surface area contributed by atoms with Crippen molar-refractivity contribution < 1.29 is 9.59 Å². The lowest BCUT2D eigenvalue weighted by molar-refractivity contribution is -0.122. The third-order valence-electron chi connectivity index (χ3n) is 6.63. The Bertz CT molecular complexity index is 1230. The van der Waals surface area contributed by atoms with Gasteiger partial charge in [-0.3, -0.25) is 14.5 Å². The number of carbonyl (C=O) groups is 2. The number of benzene rings is 1. The molecule has 5 rings (SSSR count). The molecule has 3 heterocycles. The molecule has 176 valence electrons. The topological polar surface area (TPSA) is 65.5 Å². The maximum absolute atomic E-state index is 14.0. The van der Waals surface area contributed by atoms with Gasteiger partial charge in [-0.25, -0.2) is 4.98 Å². The molecule has 0 radical (unpaired) electrons. The number of carbonyl (C=O) groups excluding carboxylic acids is 2. The lowest BCUT2D eigenvalue weighted by Gasteiger charge is -2.23. The smallest absolute Gasteiger partial charge is 0.254 e. The van der Waals surface area contributed by atoms with E-state index in [-0.39, 0.29) is 11.8 Å². The normalized spacial score (nSPS) is 17.7. The first kappa shape index (κ1) is 22.7. The number of pyridine rings is 1. The van der Waals surface area contributed by atoms with Crippen LogP contribution in [0.4, 0.5) is 0 Å². The summed E-state index contributed by atoms with van der Waals surface area (Å²) in [7, 11) is 0. The molecular formula is C27H30N4O2S. The highest BCUT2D eigenvalue weighted by molar-refractivity contribution is 7.10. The minimum atomic E-state index is 0.0466. The number of rotatable bonds is 5. The maximum atomic E-state index is 14.0. The summed E-state index contributed by atoms with van der Waals surface area (Å²) in [5.41, 5.74) is 4.95. The van der Waals surface area contributed by atoms with E-state index in [2.05, 4.69) is 33.8 Å². The summed E-state index contributed by atoms with van der Waals surface area (Å²) in [4.78, 5) is 36.3. The molecule has 0 spiro atoms. The van der Waals surface area contributed by atoms with Crippen LogP contribution < -0.4 is 5.32 Å². The second kappa shape index (κ2) is 10.1. The number of likely N-dealkylation sites (N-methyl/N-ethyl adjacent to an activating group) is 1. The highest BCUT2D eigenvalue weighted by Gasteiger charge is 2.30. The Labute approximate surface area is 204 Å². The number of allylic oxidation sites excluding steroid dienone is 1. The van der Waals surface area contributed by atoms with Gasteiger partial charge in [-0.15, -0.1) is 11.3 Å². The van der Waals surface area contributed by atoms with Crippen LogP contribution >= 0.6 is 11.3 Å². The van der Waals surface area contributed by atoms with Gasteiger partial charge in [0.05, 0.1) is 23.3 Å². The van der Waals surface area contributed by atoms with Gasteiger partial charge in [-0.1, -0.05) is 24.3 Å². The average molecular weight is 475 g/mol. The second-order valence-corrected chi connectivity index (χ2v) is 9.87. The Kier molecular flexibility index (Phi) is 6.74. The molecule has 1 aromatic carbocycles. The fourth-order valence-electron chi connectivity index (χ4n) is 5.01. The third-order valence-corrected chi connectivity index (χ3v) is 7.45. The van der Waals surface area contributed by atoms with Crippen molar-refractivity contribution in [2.75, 3.05) is 39.3 Å². The molecular weight excluding hydrogens is 444 g/mol. The molecule has 3 aromatic rings. The van der Waals surface area contributed by atoms with Crippen LogP contribution in [0.25, 0.3) is 22.6 Å². The Balaban J connectivity index is 1.46. The van der Waals surface area contributed by atoms with E-state index in [1.54, 1.807) is 11.3 Å². The van der Waals surface area contributed by atoms with Crippen molar-refractivity contribution in [1.82, 2.24) is 20.1 Å². The van der Waals surface area contributed by atoms with E-state index >= 15 is 0 Å². The number of nitrogens with zero attached hydrogens (tertiary/aromatic N) is 3. The van der Waals surface area contributed by atoms with Crippen molar-refractivity contribution in [3.63, 3.8) is 0 Å². The summed E-state index contributed by atoms with van der Waals surface area (Å²) in [6.45, 7) is 5.82. The molecule has 1 aliphatic heterocycles. The molecule has 2 amide bonds. The molecule has 0 saturated carbocycles. The van der Waals surface area contributed by atoms with Crippen LogP contribution in [0, 0.1) is 0 Å². The van der Waals surface area contributed by atoms with Crippen molar-refractivity contribution in [1.29, 1.82) is 0 Å². The number of nitrogens with one attached hydrogen (secondary N) is 1. The van der Waals surface area contributed by atoms with Crippen LogP contribution in [-0.4, -0.2) is 65.9 Å². The number of hydrogen-bond acceptors (Lipinski definition) is 5. The van der Waals surface area contributed by atoms with Gasteiger partial charge < -0.3 is 10.2 Å². The predicted molar refractivity (Wildman–Crippen MR) is 138 cm³/mol. The SMILES string of the molecule is CCNC(=O)CN1CCCN(C(=O)c2c3c(nc4ccccc24)/C(=C\c2cccs2)CC3)CC1. The molecule has 1 fully saturated rings. The van der Waals surface area contributed by atoms with E-state index in [0.29, 0.717) is 32.7 Å². The zero-order chi connectivity index (χ0) is 23.5. The summed E-state index contributed by atoms with van der Waals surface area (Å²) < 4.78 is 0. The molecule has 6 nitrogen and oxygen atoms in total. The van der Waals surface area contributed by atoms with Gasteiger partial charge in [0.1, 0.15) is 0 Å². The van der Waals surface area contributed by atoms with Crippen molar-refractivity contribution in [3.8, 4) is 0 Å². The molecule has 0 bridgehead atoms. The number of fused-ring (bicyclic) bond motifs is 2. The van der Waals surface area contributed by atoms with Gasteiger partial charge in [0.25, 0.3) is 5.91 Å². The van der Waals surface area contributed by atoms with Gasteiger partial charge in [0, 0.05) is 43.0 Å². The van der Waals surface area contributed by atoms with E-state index < -0.39 is 0 Å². The van der Waals surface area contributed by atoms with Gasteiger partial charge in [-0.2, -0.15) is 0 Å². The van der Waals surface area contributed by atoms with Crippen molar-refractivity contribution >= 4 is 45.7 Å². The van der Waals surface area contributed by atoms with E-state index in [1.165, 1.54) is 10.5 Å². The molecule has 1 saturated heterocycles. The standard InChI is InChI=1S/C27H30N4O2S/c1-2-28-24(32)18-30-12-6-13-31(15-14-30)27(33)25-21-8-3-4-9-23(21)29-26-19(10-11-22(25)26)17-20-7-5-16-34-20/h3-5,7-9,16-17H,2,6,10-15,18H2,1H3,(H,28,32)/b19-17-. The third kappa shape index (κ3) is 4.63. The summed E-state index contributed by atoms with van der Waals surface area (Å²) in [6.07, 6.45) is 4.82. The molecule has 7 heteroatoms. The van der Waals surface area contributed by atoms with Crippen LogP contribution in [0.3, 0.4) is 0 Å². The Morgan fingerprint density at radius 1 is 1.09 bits per heavy atom. The first-order chi connectivity index (χ1) is 16.6. The monoisotopic (exact) mass is 474 g/mol. The zero-order valence-corrected chi connectivity index (χ0v) is 20.4. The minimum absolute atomic E-state index is 0.0466. The number of para-hydroxylation sites is 1. The molecule has 2 aromatic heterocycles. The van der Waals surface area contributed by atoms with E-state index in [1.807, 2.05) is 36.1 Å². The Morgan fingerprint density at radius 3 is 2.79 bits per heavy atom. The molecule has 0 unspecified atom stereocenters. The largest absolute Gasteiger partial charge is 0.355 e. The van der Waals surface area contributed by atoms with Gasteiger partial charge in [0.15, 0.2) is 0 Å². The summed E-state index contributed by atoms with van der Waals surface area (Å²) in [5, 5.41) is 5.89. The first-order valence-corrected chi connectivity index (χ1v) is 13.0. The lowest BCUT2D eigenvalue weighted by Crippen LogP contribution is -2.40. The van der Waals surface area contributed by atoms with Crippen LogP contribution in [0.1, 0.15) is 46.3 Å². The maximum Gasteiger partial charge on any atom is 0.254 e. The summed E-state index contributed by atoms with van der Waals surface area (Å²) >= 11 is 1.72. The molecule has 0 atom stereocenters. The van der Waals surface area contributed by atoms with E-state index in [0.717, 1.165) is 53.5 Å². The molecule has 2 aliphatic rings. The number of amides is 2.